The lowest BCUT2D eigenvalue weighted by Gasteiger charge is -2.28. The van der Waals surface area contributed by atoms with Gasteiger partial charge >= 0.3 is 0 Å². The van der Waals surface area contributed by atoms with Crippen LogP contribution in [0.15, 0.2) is 38.8 Å². The number of halogens is 1. The minimum atomic E-state index is -0.0224. The first kappa shape index (κ1) is 19.4. The topological polar surface area (TPSA) is 71.6 Å². The molecule has 0 saturated heterocycles. The van der Waals surface area contributed by atoms with E-state index in [1.165, 1.54) is 0 Å². The number of fused-ring (bicyclic) bond motifs is 2. The second kappa shape index (κ2) is 7.93. The average molecular weight is 423 g/mol. The highest BCUT2D eigenvalue weighted by atomic mass is 35.5. The van der Waals surface area contributed by atoms with Crippen LogP contribution in [0.5, 0.6) is 0 Å². The molecule has 7 heteroatoms. The Morgan fingerprint density at radius 2 is 2.13 bits per heavy atom. The van der Waals surface area contributed by atoms with Crippen molar-refractivity contribution in [2.75, 3.05) is 13.1 Å². The number of hydrogen-bond donors (Lipinski definition) is 0. The lowest BCUT2D eigenvalue weighted by Crippen LogP contribution is -2.33. The highest BCUT2D eigenvalue weighted by molar-refractivity contribution is 6.32. The van der Waals surface area contributed by atoms with Crippen LogP contribution >= 0.6 is 11.6 Å². The largest absolute Gasteiger partial charge is 0.464 e. The SMILES string of the molecule is Cc1cc2occ(CN3CCc4nc(C5=NCCCC5)ncc4C3)c(=O)c2cc1Cl. The van der Waals surface area contributed by atoms with Gasteiger partial charge in [0.25, 0.3) is 0 Å². The van der Waals surface area contributed by atoms with Crippen molar-refractivity contribution in [2.45, 2.75) is 45.7 Å². The Labute approximate surface area is 179 Å². The van der Waals surface area contributed by atoms with Crippen LogP contribution in [0, 0.1) is 6.92 Å². The van der Waals surface area contributed by atoms with E-state index in [2.05, 4.69) is 14.9 Å². The first-order chi connectivity index (χ1) is 14.6. The highest BCUT2D eigenvalue weighted by Crippen LogP contribution is 2.23. The summed E-state index contributed by atoms with van der Waals surface area (Å²) in [6.45, 7) is 4.85. The molecule has 0 saturated carbocycles. The van der Waals surface area contributed by atoms with Gasteiger partial charge in [-0.1, -0.05) is 11.6 Å². The highest BCUT2D eigenvalue weighted by Gasteiger charge is 2.21. The lowest BCUT2D eigenvalue weighted by molar-refractivity contribution is 0.240. The third-order valence-corrected chi connectivity index (χ3v) is 6.32. The molecule has 0 spiro atoms. The minimum absolute atomic E-state index is 0.0224. The standard InChI is InChI=1S/C23H23ClN4O2/c1-14-8-21-17(9-18(14)24)22(29)16(13-30-21)12-28-7-5-19-15(11-28)10-26-23(27-19)20-4-2-3-6-25-20/h8-10,13H,2-7,11-12H2,1H3. The zero-order valence-electron chi connectivity index (χ0n) is 16.9. The third kappa shape index (κ3) is 3.66. The maximum absolute atomic E-state index is 12.9. The van der Waals surface area contributed by atoms with Crippen LogP contribution in [0.3, 0.4) is 0 Å². The molecule has 30 heavy (non-hydrogen) atoms. The fraction of sp³-hybridized carbons (Fsp3) is 0.391. The summed E-state index contributed by atoms with van der Waals surface area (Å²) in [6.07, 6.45) is 7.61. The van der Waals surface area contributed by atoms with Gasteiger partial charge in [0, 0.05) is 54.9 Å². The van der Waals surface area contributed by atoms with Crippen LogP contribution in [0.4, 0.5) is 0 Å². The molecule has 1 aromatic carbocycles. The van der Waals surface area contributed by atoms with E-state index in [9.17, 15) is 4.79 Å². The number of hydrogen-bond acceptors (Lipinski definition) is 6. The Morgan fingerprint density at radius 3 is 2.97 bits per heavy atom. The second-order valence-corrected chi connectivity index (χ2v) is 8.51. The van der Waals surface area contributed by atoms with E-state index in [0.717, 1.165) is 67.1 Å². The summed E-state index contributed by atoms with van der Waals surface area (Å²) in [4.78, 5) is 29.1. The van der Waals surface area contributed by atoms with Gasteiger partial charge in [0.2, 0.25) is 0 Å². The van der Waals surface area contributed by atoms with Gasteiger partial charge in [-0.15, -0.1) is 0 Å². The van der Waals surface area contributed by atoms with Crippen molar-refractivity contribution in [3.8, 4) is 0 Å². The van der Waals surface area contributed by atoms with Gasteiger partial charge in [-0.25, -0.2) is 9.97 Å². The van der Waals surface area contributed by atoms with Crippen molar-refractivity contribution < 1.29 is 4.42 Å². The lowest BCUT2D eigenvalue weighted by atomic mass is 10.0. The molecule has 2 aliphatic heterocycles. The van der Waals surface area contributed by atoms with Gasteiger partial charge in [-0.05, 0) is 43.9 Å². The second-order valence-electron chi connectivity index (χ2n) is 8.10. The van der Waals surface area contributed by atoms with Gasteiger partial charge < -0.3 is 4.42 Å². The van der Waals surface area contributed by atoms with Crippen LogP contribution < -0.4 is 5.43 Å². The Balaban J connectivity index is 1.37. The number of aliphatic imine (C=N–C) groups is 1. The molecule has 2 aromatic heterocycles. The molecule has 3 aromatic rings. The average Bonchev–Trinajstić information content (AvgIpc) is 2.77. The fourth-order valence-electron chi connectivity index (χ4n) is 4.17. The van der Waals surface area contributed by atoms with E-state index in [-0.39, 0.29) is 5.43 Å². The summed E-state index contributed by atoms with van der Waals surface area (Å²) in [5, 5.41) is 1.11. The predicted octanol–water partition coefficient (Wildman–Crippen LogP) is 4.08. The van der Waals surface area contributed by atoms with Crippen molar-refractivity contribution in [3.05, 3.63) is 68.0 Å². The van der Waals surface area contributed by atoms with E-state index >= 15 is 0 Å². The van der Waals surface area contributed by atoms with E-state index in [0.29, 0.717) is 34.6 Å². The number of benzene rings is 1. The van der Waals surface area contributed by atoms with Gasteiger partial charge in [0.1, 0.15) is 5.58 Å². The Morgan fingerprint density at radius 1 is 1.23 bits per heavy atom. The monoisotopic (exact) mass is 422 g/mol. The smallest absolute Gasteiger partial charge is 0.197 e. The van der Waals surface area contributed by atoms with E-state index in [1.54, 1.807) is 12.3 Å². The summed E-state index contributed by atoms with van der Waals surface area (Å²) < 4.78 is 5.73. The molecule has 0 unspecified atom stereocenters. The molecule has 0 aliphatic carbocycles. The van der Waals surface area contributed by atoms with E-state index in [1.807, 2.05) is 19.2 Å². The molecule has 4 heterocycles. The van der Waals surface area contributed by atoms with Crippen LogP contribution in [0.2, 0.25) is 5.02 Å². The van der Waals surface area contributed by atoms with Crippen LogP contribution in [-0.4, -0.2) is 33.7 Å². The predicted molar refractivity (Wildman–Crippen MR) is 117 cm³/mol. The molecule has 6 nitrogen and oxygen atoms in total. The first-order valence-corrected chi connectivity index (χ1v) is 10.8. The fourth-order valence-corrected chi connectivity index (χ4v) is 4.33. The Kier molecular flexibility index (Phi) is 5.13. The Hall–Kier alpha value is -2.57. The number of aromatic nitrogens is 2. The van der Waals surface area contributed by atoms with Crippen molar-refractivity contribution in [3.63, 3.8) is 0 Å². The molecule has 154 valence electrons. The Bertz CT molecular complexity index is 1220. The van der Waals surface area contributed by atoms with Crippen molar-refractivity contribution in [1.82, 2.24) is 14.9 Å². The molecule has 2 aliphatic rings. The van der Waals surface area contributed by atoms with Crippen LogP contribution in [-0.2, 0) is 19.5 Å². The number of nitrogens with zero attached hydrogens (tertiary/aromatic N) is 4. The molecule has 5 rings (SSSR count). The van der Waals surface area contributed by atoms with Crippen LogP contribution in [0.25, 0.3) is 11.0 Å². The summed E-state index contributed by atoms with van der Waals surface area (Å²) >= 11 is 6.22. The zero-order chi connectivity index (χ0) is 20.7. The van der Waals surface area contributed by atoms with Gasteiger partial charge in [-0.2, -0.15) is 0 Å². The molecule has 0 amide bonds. The maximum atomic E-state index is 12.9. The summed E-state index contributed by atoms with van der Waals surface area (Å²) in [7, 11) is 0. The molecule has 0 radical (unpaired) electrons. The van der Waals surface area contributed by atoms with E-state index in [4.69, 9.17) is 21.0 Å². The van der Waals surface area contributed by atoms with Crippen molar-refractivity contribution in [1.29, 1.82) is 0 Å². The number of rotatable bonds is 3. The van der Waals surface area contributed by atoms with Gasteiger partial charge in [0.05, 0.1) is 23.1 Å². The van der Waals surface area contributed by atoms with Crippen molar-refractivity contribution >= 4 is 28.3 Å². The van der Waals surface area contributed by atoms with Crippen molar-refractivity contribution in [2.24, 2.45) is 4.99 Å². The first-order valence-electron chi connectivity index (χ1n) is 10.4. The normalized spacial score (nSPS) is 17.1. The molecule has 0 fully saturated rings. The van der Waals surface area contributed by atoms with E-state index < -0.39 is 0 Å². The molecular formula is C23H23ClN4O2. The zero-order valence-corrected chi connectivity index (χ0v) is 17.7. The van der Waals surface area contributed by atoms with Gasteiger partial charge in [-0.3, -0.25) is 14.7 Å². The molecular weight excluding hydrogens is 400 g/mol. The maximum Gasteiger partial charge on any atom is 0.197 e. The number of aryl methyl sites for hydroxylation is 1. The van der Waals surface area contributed by atoms with Gasteiger partial charge in [0.15, 0.2) is 11.3 Å². The minimum Gasteiger partial charge on any atom is -0.464 e. The molecule has 0 atom stereocenters. The molecule has 0 bridgehead atoms. The summed E-state index contributed by atoms with van der Waals surface area (Å²) in [6, 6.07) is 3.52. The van der Waals surface area contributed by atoms with Crippen LogP contribution in [0.1, 0.15) is 47.5 Å². The summed E-state index contributed by atoms with van der Waals surface area (Å²) in [5.74, 6) is 0.782. The third-order valence-electron chi connectivity index (χ3n) is 5.91. The molecule has 0 N–H and O–H groups in total. The quantitative estimate of drug-likeness (QED) is 0.636. The summed E-state index contributed by atoms with van der Waals surface area (Å²) in [5.41, 5.74) is 5.33.